The van der Waals surface area contributed by atoms with Crippen LogP contribution < -0.4 is 9.47 Å². The summed E-state index contributed by atoms with van der Waals surface area (Å²) in [5.74, 6) is 0.669. The molecule has 0 atom stereocenters. The molecule has 0 N–H and O–H groups in total. The number of amides is 1. The monoisotopic (exact) mass is 433 g/mol. The molecular formula is C26H27NO5. The largest absolute Gasteiger partial charge is 0.497 e. The summed E-state index contributed by atoms with van der Waals surface area (Å²) in [5.41, 5.74) is 2.99. The van der Waals surface area contributed by atoms with Crippen LogP contribution in [0.5, 0.6) is 11.5 Å². The number of hydrogen-bond acceptors (Lipinski definition) is 5. The zero-order chi connectivity index (χ0) is 23.1. The van der Waals surface area contributed by atoms with E-state index >= 15 is 0 Å². The number of esters is 1. The van der Waals surface area contributed by atoms with Gasteiger partial charge in [-0.25, -0.2) is 4.79 Å². The molecule has 0 saturated carbocycles. The molecule has 1 heterocycles. The Hall–Kier alpha value is -3.80. The van der Waals surface area contributed by atoms with Crippen molar-refractivity contribution in [3.63, 3.8) is 0 Å². The first-order valence-corrected chi connectivity index (χ1v) is 10.3. The average molecular weight is 434 g/mol. The molecule has 1 aliphatic rings. The minimum atomic E-state index is -0.534. The number of hydrogen-bond donors (Lipinski definition) is 0. The number of ether oxygens (including phenoxy) is 3. The third-order valence-corrected chi connectivity index (χ3v) is 5.22. The maximum Gasteiger partial charge on any atom is 0.340 e. The molecule has 3 rings (SSSR count). The second-order valence-corrected chi connectivity index (χ2v) is 7.24. The van der Waals surface area contributed by atoms with E-state index in [1.807, 2.05) is 48.5 Å². The number of nitrogens with zero attached hydrogens (tertiary/aromatic N) is 1. The number of methoxy groups -OCH3 is 2. The SMILES string of the molecule is C=CCOc1cccc(/C=C2\C(=O)N(CCc3ccc(OC)cc3)C(C)=C2C(=O)OC)c1. The zero-order valence-electron chi connectivity index (χ0n) is 18.6. The highest BCUT2D eigenvalue weighted by atomic mass is 16.5. The molecule has 6 nitrogen and oxygen atoms in total. The van der Waals surface area contributed by atoms with Gasteiger partial charge in [-0.2, -0.15) is 0 Å². The van der Waals surface area contributed by atoms with Crippen LogP contribution in [-0.4, -0.2) is 44.1 Å². The van der Waals surface area contributed by atoms with Gasteiger partial charge in [-0.1, -0.05) is 36.9 Å². The quantitative estimate of drug-likeness (QED) is 0.337. The lowest BCUT2D eigenvalue weighted by Crippen LogP contribution is -2.27. The lowest BCUT2D eigenvalue weighted by molar-refractivity contribution is -0.136. The van der Waals surface area contributed by atoms with Crippen molar-refractivity contribution in [3.8, 4) is 11.5 Å². The maximum absolute atomic E-state index is 13.3. The molecule has 0 aliphatic carbocycles. The third-order valence-electron chi connectivity index (χ3n) is 5.22. The van der Waals surface area contributed by atoms with E-state index in [0.29, 0.717) is 36.6 Å². The van der Waals surface area contributed by atoms with Crippen LogP contribution in [0.1, 0.15) is 18.1 Å². The molecule has 0 spiro atoms. The van der Waals surface area contributed by atoms with Crippen LogP contribution in [-0.2, 0) is 20.7 Å². The first-order valence-electron chi connectivity index (χ1n) is 10.3. The minimum Gasteiger partial charge on any atom is -0.497 e. The molecule has 0 bridgehead atoms. The highest BCUT2D eigenvalue weighted by Crippen LogP contribution is 2.32. The Balaban J connectivity index is 1.87. The van der Waals surface area contributed by atoms with E-state index in [1.54, 1.807) is 31.1 Å². The normalized spacial score (nSPS) is 14.7. The Morgan fingerprint density at radius 2 is 1.84 bits per heavy atom. The molecule has 2 aromatic rings. The lowest BCUT2D eigenvalue weighted by atomic mass is 10.0. The van der Waals surface area contributed by atoms with Gasteiger partial charge in [0.15, 0.2) is 0 Å². The van der Waals surface area contributed by atoms with E-state index in [-0.39, 0.29) is 11.5 Å². The van der Waals surface area contributed by atoms with Crippen molar-refractivity contribution >= 4 is 18.0 Å². The van der Waals surface area contributed by atoms with Crippen molar-refractivity contribution in [3.05, 3.63) is 89.2 Å². The predicted octanol–water partition coefficient (Wildman–Crippen LogP) is 4.18. The maximum atomic E-state index is 13.3. The molecular weight excluding hydrogens is 406 g/mol. The van der Waals surface area contributed by atoms with Gasteiger partial charge < -0.3 is 19.1 Å². The molecule has 32 heavy (non-hydrogen) atoms. The number of carbonyl (C=O) groups is 2. The van der Waals surface area contributed by atoms with E-state index < -0.39 is 5.97 Å². The van der Waals surface area contributed by atoms with E-state index in [1.165, 1.54) is 7.11 Å². The molecule has 0 fully saturated rings. The third kappa shape index (κ3) is 5.09. The second-order valence-electron chi connectivity index (χ2n) is 7.24. The summed E-state index contributed by atoms with van der Waals surface area (Å²) in [6.07, 6.45) is 4.00. The van der Waals surface area contributed by atoms with Gasteiger partial charge in [0.25, 0.3) is 5.91 Å². The smallest absolute Gasteiger partial charge is 0.340 e. The van der Waals surface area contributed by atoms with Gasteiger partial charge in [-0.3, -0.25) is 4.79 Å². The number of benzene rings is 2. The summed E-state index contributed by atoms with van der Waals surface area (Å²) < 4.78 is 15.7. The Bertz CT molecular complexity index is 1070. The fraction of sp³-hybridized carbons (Fsp3) is 0.231. The molecule has 0 saturated heterocycles. The second kappa shape index (κ2) is 10.5. The van der Waals surface area contributed by atoms with E-state index in [2.05, 4.69) is 6.58 Å². The Morgan fingerprint density at radius 3 is 2.50 bits per heavy atom. The molecule has 2 aromatic carbocycles. The van der Waals surface area contributed by atoms with E-state index in [4.69, 9.17) is 14.2 Å². The molecule has 0 radical (unpaired) electrons. The van der Waals surface area contributed by atoms with Gasteiger partial charge in [0.1, 0.15) is 18.1 Å². The Morgan fingerprint density at radius 1 is 1.09 bits per heavy atom. The van der Waals surface area contributed by atoms with Gasteiger partial charge in [0.05, 0.1) is 25.4 Å². The summed E-state index contributed by atoms with van der Waals surface area (Å²) in [6, 6.07) is 15.0. The van der Waals surface area contributed by atoms with Crippen LogP contribution in [0.25, 0.3) is 6.08 Å². The van der Waals surface area contributed by atoms with Gasteiger partial charge in [0, 0.05) is 12.2 Å². The Labute approximate surface area is 188 Å². The highest BCUT2D eigenvalue weighted by molar-refractivity contribution is 6.16. The van der Waals surface area contributed by atoms with Crippen LogP contribution in [0.3, 0.4) is 0 Å². The summed E-state index contributed by atoms with van der Waals surface area (Å²) in [4.78, 5) is 27.4. The first-order chi connectivity index (χ1) is 15.5. The van der Waals surface area contributed by atoms with E-state index in [9.17, 15) is 9.59 Å². The lowest BCUT2D eigenvalue weighted by Gasteiger charge is -2.18. The number of rotatable bonds is 9. The van der Waals surface area contributed by atoms with Crippen molar-refractivity contribution in [2.75, 3.05) is 27.4 Å². The van der Waals surface area contributed by atoms with Crippen LogP contribution in [0.4, 0.5) is 0 Å². The van der Waals surface area contributed by atoms with Gasteiger partial charge >= 0.3 is 5.97 Å². The van der Waals surface area contributed by atoms with Gasteiger partial charge in [0.2, 0.25) is 0 Å². The first kappa shape index (κ1) is 22.9. The number of allylic oxidation sites excluding steroid dienone is 1. The Kier molecular flexibility index (Phi) is 7.49. The van der Waals surface area contributed by atoms with Crippen LogP contribution in [0, 0.1) is 0 Å². The fourth-order valence-electron chi connectivity index (χ4n) is 3.55. The van der Waals surface area contributed by atoms with Crippen LogP contribution in [0.2, 0.25) is 0 Å². The van der Waals surface area contributed by atoms with Crippen molar-refractivity contribution in [1.82, 2.24) is 4.90 Å². The van der Waals surface area contributed by atoms with Crippen LogP contribution in [0.15, 0.2) is 78.0 Å². The highest BCUT2D eigenvalue weighted by Gasteiger charge is 2.36. The molecule has 166 valence electrons. The summed E-state index contributed by atoms with van der Waals surface area (Å²) in [5, 5.41) is 0. The molecule has 0 unspecified atom stereocenters. The van der Waals surface area contributed by atoms with Crippen molar-refractivity contribution in [2.45, 2.75) is 13.3 Å². The summed E-state index contributed by atoms with van der Waals surface area (Å²) in [6.45, 7) is 6.23. The topological polar surface area (TPSA) is 65.1 Å². The standard InChI is InChI=1S/C26H27NO5/c1-5-15-32-22-8-6-7-20(16-22)17-23-24(26(29)31-4)18(2)27(25(23)28)14-13-19-9-11-21(30-3)12-10-19/h5-12,16-17H,1,13-15H2,2-4H3/b23-17-. The zero-order valence-corrected chi connectivity index (χ0v) is 18.6. The van der Waals surface area contributed by atoms with E-state index in [0.717, 1.165) is 16.9 Å². The molecule has 1 amide bonds. The average Bonchev–Trinajstić information content (AvgIpc) is 3.05. The van der Waals surface area contributed by atoms with Gasteiger partial charge in [-0.05, 0) is 54.8 Å². The van der Waals surface area contributed by atoms with Crippen LogP contribution >= 0.6 is 0 Å². The van der Waals surface area contributed by atoms with Crippen molar-refractivity contribution in [1.29, 1.82) is 0 Å². The predicted molar refractivity (Wildman–Crippen MR) is 123 cm³/mol. The number of carbonyl (C=O) groups excluding carboxylic acids is 2. The molecule has 6 heteroatoms. The van der Waals surface area contributed by atoms with Crippen molar-refractivity contribution in [2.24, 2.45) is 0 Å². The summed E-state index contributed by atoms with van der Waals surface area (Å²) in [7, 11) is 2.93. The fourth-order valence-corrected chi connectivity index (χ4v) is 3.55. The minimum absolute atomic E-state index is 0.228. The summed E-state index contributed by atoms with van der Waals surface area (Å²) >= 11 is 0. The van der Waals surface area contributed by atoms with Crippen molar-refractivity contribution < 1.29 is 23.8 Å². The molecule has 1 aliphatic heterocycles. The van der Waals surface area contributed by atoms with Gasteiger partial charge in [-0.15, -0.1) is 0 Å². The molecule has 0 aromatic heterocycles.